The number of rotatable bonds is 8. The van der Waals surface area contributed by atoms with Crippen LogP contribution in [-0.2, 0) is 14.9 Å². The van der Waals surface area contributed by atoms with Gasteiger partial charge in [0, 0.05) is 38.3 Å². The monoisotopic (exact) mass is 560 g/mol. The molecule has 0 aromatic heterocycles. The van der Waals surface area contributed by atoms with Gasteiger partial charge in [0.05, 0.1) is 6.54 Å². The zero-order valence-electron chi connectivity index (χ0n) is 20.3. The third kappa shape index (κ3) is 9.52. The number of nitrogens with zero attached hydrogens (tertiary/aromatic N) is 1. The highest BCUT2D eigenvalue weighted by molar-refractivity contribution is 14.0. The average Bonchev–Trinajstić information content (AvgIpc) is 2.71. The molecule has 0 aliphatic carbocycles. The number of alkyl carbamates (subject to hydrolysis) is 1. The van der Waals surface area contributed by atoms with Gasteiger partial charge >= 0.3 is 6.09 Å². The summed E-state index contributed by atoms with van der Waals surface area (Å²) in [6, 6.07) is 8.62. The SMILES string of the molecule is CCNC(=NCC1(c2ccccc2C)CCOCC1)NCCCNC(=O)OC(C)(C)C.I. The molecule has 32 heavy (non-hydrogen) atoms. The Morgan fingerprint density at radius 2 is 1.78 bits per heavy atom. The number of amides is 1. The first-order valence-electron chi connectivity index (χ1n) is 11.4. The van der Waals surface area contributed by atoms with Crippen LogP contribution in [0.15, 0.2) is 29.3 Å². The van der Waals surface area contributed by atoms with Gasteiger partial charge in [-0.15, -0.1) is 24.0 Å². The molecule has 1 aliphatic heterocycles. The first-order valence-corrected chi connectivity index (χ1v) is 11.4. The van der Waals surface area contributed by atoms with Gasteiger partial charge in [0.1, 0.15) is 5.60 Å². The van der Waals surface area contributed by atoms with Crippen molar-refractivity contribution in [2.24, 2.45) is 4.99 Å². The van der Waals surface area contributed by atoms with Crippen LogP contribution in [0.2, 0.25) is 0 Å². The molecule has 1 fully saturated rings. The van der Waals surface area contributed by atoms with Crippen molar-refractivity contribution in [2.75, 3.05) is 39.4 Å². The molecule has 0 atom stereocenters. The number of ether oxygens (including phenoxy) is 2. The molecule has 8 heteroatoms. The first-order chi connectivity index (χ1) is 14.8. The van der Waals surface area contributed by atoms with E-state index in [9.17, 15) is 4.79 Å². The fraction of sp³-hybridized carbons (Fsp3) is 0.667. The van der Waals surface area contributed by atoms with E-state index in [-0.39, 0.29) is 35.5 Å². The van der Waals surface area contributed by atoms with Crippen molar-refractivity contribution in [2.45, 2.75) is 64.9 Å². The molecule has 1 aromatic carbocycles. The lowest BCUT2D eigenvalue weighted by Gasteiger charge is -2.37. The second-order valence-corrected chi connectivity index (χ2v) is 9.11. The van der Waals surface area contributed by atoms with E-state index in [0.29, 0.717) is 19.6 Å². The second-order valence-electron chi connectivity index (χ2n) is 9.11. The molecule has 0 bridgehead atoms. The third-order valence-corrected chi connectivity index (χ3v) is 5.36. The van der Waals surface area contributed by atoms with Gasteiger partial charge in [-0.2, -0.15) is 0 Å². The number of aryl methyl sites for hydroxylation is 1. The Labute approximate surface area is 210 Å². The van der Waals surface area contributed by atoms with Gasteiger partial charge in [-0.25, -0.2) is 4.79 Å². The van der Waals surface area contributed by atoms with Crippen molar-refractivity contribution in [1.29, 1.82) is 0 Å². The largest absolute Gasteiger partial charge is 0.444 e. The van der Waals surface area contributed by atoms with Crippen LogP contribution in [0.25, 0.3) is 0 Å². The molecule has 182 valence electrons. The van der Waals surface area contributed by atoms with Crippen LogP contribution >= 0.6 is 24.0 Å². The summed E-state index contributed by atoms with van der Waals surface area (Å²) in [5.74, 6) is 0.805. The van der Waals surface area contributed by atoms with Crippen LogP contribution in [0.5, 0.6) is 0 Å². The van der Waals surface area contributed by atoms with Gasteiger partial charge in [-0.05, 0) is 65.0 Å². The molecule has 0 unspecified atom stereocenters. The maximum absolute atomic E-state index is 11.7. The topological polar surface area (TPSA) is 84.0 Å². The summed E-state index contributed by atoms with van der Waals surface area (Å²) in [4.78, 5) is 16.7. The number of carbonyl (C=O) groups excluding carboxylic acids is 1. The molecule has 0 saturated carbocycles. The average molecular weight is 561 g/mol. The maximum atomic E-state index is 11.7. The minimum absolute atomic E-state index is 0. The van der Waals surface area contributed by atoms with Crippen LogP contribution in [0.4, 0.5) is 4.79 Å². The van der Waals surface area contributed by atoms with Crippen LogP contribution in [0.3, 0.4) is 0 Å². The molecule has 3 N–H and O–H groups in total. The Morgan fingerprint density at radius 1 is 1.12 bits per heavy atom. The van der Waals surface area contributed by atoms with Gasteiger partial charge in [0.2, 0.25) is 0 Å². The summed E-state index contributed by atoms with van der Waals surface area (Å²) in [6.07, 6.45) is 2.34. The van der Waals surface area contributed by atoms with E-state index in [1.807, 2.05) is 20.8 Å². The van der Waals surface area contributed by atoms with Crippen LogP contribution in [0, 0.1) is 6.92 Å². The summed E-state index contributed by atoms with van der Waals surface area (Å²) < 4.78 is 10.9. The highest BCUT2D eigenvalue weighted by Crippen LogP contribution is 2.37. The summed E-state index contributed by atoms with van der Waals surface area (Å²) in [6.45, 7) is 14.1. The molecule has 1 aliphatic rings. The van der Waals surface area contributed by atoms with E-state index >= 15 is 0 Å². The van der Waals surface area contributed by atoms with Crippen molar-refractivity contribution in [3.8, 4) is 0 Å². The zero-order chi connectivity index (χ0) is 22.7. The van der Waals surface area contributed by atoms with Gasteiger partial charge in [0.15, 0.2) is 5.96 Å². The van der Waals surface area contributed by atoms with Crippen molar-refractivity contribution < 1.29 is 14.3 Å². The number of hydrogen-bond donors (Lipinski definition) is 3. The number of halogens is 1. The van der Waals surface area contributed by atoms with E-state index in [2.05, 4.69) is 54.1 Å². The molecule has 1 amide bonds. The molecular formula is C24H41IN4O3. The van der Waals surface area contributed by atoms with Crippen LogP contribution < -0.4 is 16.0 Å². The quantitative estimate of drug-likeness (QED) is 0.193. The number of benzene rings is 1. The minimum Gasteiger partial charge on any atom is -0.444 e. The van der Waals surface area contributed by atoms with Gasteiger partial charge in [-0.1, -0.05) is 24.3 Å². The predicted molar refractivity (Wildman–Crippen MR) is 141 cm³/mol. The summed E-state index contributed by atoms with van der Waals surface area (Å²) in [5.41, 5.74) is 2.21. The number of aliphatic imine (C=N–C) groups is 1. The standard InChI is InChI=1S/C24H40N4O3.HI/c1-6-25-21(26-14-9-15-27-22(29)31-23(3,4)5)28-18-24(12-16-30-17-13-24)20-11-8-7-10-19(20)2;/h7-8,10-11H,6,9,12-18H2,1-5H3,(H,27,29)(H2,25,26,28);1H. The third-order valence-electron chi connectivity index (χ3n) is 5.36. The predicted octanol–water partition coefficient (Wildman–Crippen LogP) is 4.13. The highest BCUT2D eigenvalue weighted by atomic mass is 127. The lowest BCUT2D eigenvalue weighted by molar-refractivity contribution is 0.0523. The number of nitrogens with one attached hydrogen (secondary N) is 3. The van der Waals surface area contributed by atoms with Gasteiger partial charge in [-0.3, -0.25) is 4.99 Å². The molecule has 1 heterocycles. The zero-order valence-corrected chi connectivity index (χ0v) is 22.6. The number of guanidine groups is 1. The lowest BCUT2D eigenvalue weighted by Crippen LogP contribution is -2.42. The Kier molecular flexibility index (Phi) is 12.3. The molecule has 7 nitrogen and oxygen atoms in total. The molecule has 1 saturated heterocycles. The number of hydrogen-bond acceptors (Lipinski definition) is 4. The fourth-order valence-corrected chi connectivity index (χ4v) is 3.81. The van der Waals surface area contributed by atoms with Crippen LogP contribution in [0.1, 0.15) is 58.1 Å². The van der Waals surface area contributed by atoms with E-state index in [1.165, 1.54) is 11.1 Å². The summed E-state index contributed by atoms with van der Waals surface area (Å²) in [5, 5.41) is 9.50. The normalized spacial score (nSPS) is 16.0. The molecular weight excluding hydrogens is 519 g/mol. The maximum Gasteiger partial charge on any atom is 0.407 e. The number of carbonyl (C=O) groups is 1. The molecule has 1 aromatic rings. The van der Waals surface area contributed by atoms with E-state index in [1.54, 1.807) is 0 Å². The second kappa shape index (κ2) is 13.9. The Bertz CT molecular complexity index is 728. The van der Waals surface area contributed by atoms with Crippen molar-refractivity contribution in [1.82, 2.24) is 16.0 Å². The van der Waals surface area contributed by atoms with Crippen molar-refractivity contribution in [3.63, 3.8) is 0 Å². The molecule has 0 radical (unpaired) electrons. The van der Waals surface area contributed by atoms with Gasteiger partial charge < -0.3 is 25.4 Å². The fourth-order valence-electron chi connectivity index (χ4n) is 3.81. The highest BCUT2D eigenvalue weighted by Gasteiger charge is 2.35. The van der Waals surface area contributed by atoms with E-state index in [4.69, 9.17) is 14.5 Å². The first kappa shape index (κ1) is 28.5. The molecule has 2 rings (SSSR count). The summed E-state index contributed by atoms with van der Waals surface area (Å²) >= 11 is 0. The Balaban J connectivity index is 0.00000512. The van der Waals surface area contributed by atoms with Crippen LogP contribution in [-0.4, -0.2) is 57.0 Å². The Morgan fingerprint density at radius 3 is 2.41 bits per heavy atom. The molecule has 0 spiro atoms. The summed E-state index contributed by atoms with van der Waals surface area (Å²) in [7, 11) is 0. The van der Waals surface area contributed by atoms with Crippen molar-refractivity contribution in [3.05, 3.63) is 35.4 Å². The van der Waals surface area contributed by atoms with E-state index < -0.39 is 5.60 Å². The van der Waals surface area contributed by atoms with E-state index in [0.717, 1.165) is 45.0 Å². The Hall–Kier alpha value is -1.55. The smallest absolute Gasteiger partial charge is 0.407 e. The lowest BCUT2D eigenvalue weighted by atomic mass is 9.72. The van der Waals surface area contributed by atoms with Gasteiger partial charge in [0.25, 0.3) is 0 Å². The minimum atomic E-state index is -0.482. The van der Waals surface area contributed by atoms with Crippen molar-refractivity contribution >= 4 is 36.0 Å².